The number of H-pyrrole nitrogens is 1. The molecule has 18 heavy (non-hydrogen) atoms. The summed E-state index contributed by atoms with van der Waals surface area (Å²) in [4.78, 5) is 24.5. The monoisotopic (exact) mass is 256 g/mol. The molecule has 1 fully saturated rings. The van der Waals surface area contributed by atoms with Gasteiger partial charge in [0.1, 0.15) is 5.76 Å². The van der Waals surface area contributed by atoms with E-state index in [4.69, 9.17) is 4.74 Å². The largest absolute Gasteiger partial charge is 0.469 e. The predicted octanol–water partition coefficient (Wildman–Crippen LogP) is 0.0583. The molecule has 3 unspecified atom stereocenters. The van der Waals surface area contributed by atoms with Crippen LogP contribution in [0.15, 0.2) is 34.2 Å². The molecule has 2 heterocycles. The van der Waals surface area contributed by atoms with Gasteiger partial charge < -0.3 is 9.84 Å². The SMILES string of the molecule is C=C1OC(n2ccc(=O)[nH]c2=O)C(F)(CC)C1O. The Balaban J connectivity index is 2.53. The molecule has 0 radical (unpaired) electrons. The number of ether oxygens (including phenoxy) is 1. The lowest BCUT2D eigenvalue weighted by molar-refractivity contribution is -0.0505. The van der Waals surface area contributed by atoms with Crippen molar-refractivity contribution in [1.29, 1.82) is 0 Å². The van der Waals surface area contributed by atoms with Crippen LogP contribution < -0.4 is 11.2 Å². The average Bonchev–Trinajstić information content (AvgIpc) is 2.55. The first-order valence-electron chi connectivity index (χ1n) is 5.44. The van der Waals surface area contributed by atoms with E-state index in [1.807, 2.05) is 4.98 Å². The highest BCUT2D eigenvalue weighted by atomic mass is 19.1. The van der Waals surface area contributed by atoms with E-state index in [1.165, 1.54) is 6.92 Å². The minimum atomic E-state index is -2.15. The van der Waals surface area contributed by atoms with E-state index in [0.717, 1.165) is 16.8 Å². The van der Waals surface area contributed by atoms with E-state index < -0.39 is 29.2 Å². The summed E-state index contributed by atoms with van der Waals surface area (Å²) < 4.78 is 20.6. The topological polar surface area (TPSA) is 84.3 Å². The van der Waals surface area contributed by atoms with Gasteiger partial charge >= 0.3 is 5.69 Å². The van der Waals surface area contributed by atoms with Crippen LogP contribution in [0.2, 0.25) is 0 Å². The number of hydrogen-bond donors (Lipinski definition) is 2. The first-order valence-corrected chi connectivity index (χ1v) is 5.44. The molecular formula is C11H13FN2O4. The molecule has 1 aromatic rings. The van der Waals surface area contributed by atoms with E-state index in [9.17, 15) is 19.1 Å². The van der Waals surface area contributed by atoms with Gasteiger partial charge in [-0.3, -0.25) is 14.3 Å². The zero-order valence-corrected chi connectivity index (χ0v) is 9.72. The van der Waals surface area contributed by atoms with Gasteiger partial charge in [0.25, 0.3) is 5.56 Å². The highest BCUT2D eigenvalue weighted by Gasteiger charge is 2.55. The summed E-state index contributed by atoms with van der Waals surface area (Å²) in [6, 6.07) is 1.08. The molecule has 0 spiro atoms. The van der Waals surface area contributed by atoms with E-state index in [2.05, 4.69) is 6.58 Å². The molecule has 1 aliphatic heterocycles. The van der Waals surface area contributed by atoms with Crippen molar-refractivity contribution in [2.24, 2.45) is 0 Å². The Morgan fingerprint density at radius 1 is 1.67 bits per heavy atom. The summed E-state index contributed by atoms with van der Waals surface area (Å²) in [5.41, 5.74) is -3.54. The molecule has 1 saturated heterocycles. The summed E-state index contributed by atoms with van der Waals surface area (Å²) in [6.45, 7) is 4.92. The molecule has 7 heteroatoms. The molecule has 1 aromatic heterocycles. The fraction of sp³-hybridized carbons (Fsp3) is 0.455. The van der Waals surface area contributed by atoms with Crippen molar-refractivity contribution in [2.45, 2.75) is 31.3 Å². The van der Waals surface area contributed by atoms with Crippen LogP contribution in [0.1, 0.15) is 19.6 Å². The number of halogens is 1. The lowest BCUT2D eigenvalue weighted by Gasteiger charge is -2.26. The van der Waals surface area contributed by atoms with Crippen LogP contribution in [0, 0.1) is 0 Å². The summed E-state index contributed by atoms with van der Waals surface area (Å²) >= 11 is 0. The Hall–Kier alpha value is -1.89. The van der Waals surface area contributed by atoms with Crippen LogP contribution in [-0.4, -0.2) is 26.4 Å². The van der Waals surface area contributed by atoms with Gasteiger partial charge in [0.15, 0.2) is 11.8 Å². The second kappa shape index (κ2) is 4.09. The molecule has 2 rings (SSSR count). The lowest BCUT2D eigenvalue weighted by Crippen LogP contribution is -2.44. The fourth-order valence-corrected chi connectivity index (χ4v) is 1.98. The van der Waals surface area contributed by atoms with Gasteiger partial charge in [-0.15, -0.1) is 0 Å². The zero-order valence-electron chi connectivity index (χ0n) is 9.72. The van der Waals surface area contributed by atoms with Crippen molar-refractivity contribution in [3.8, 4) is 0 Å². The Kier molecular flexibility index (Phi) is 2.86. The van der Waals surface area contributed by atoms with Gasteiger partial charge in [-0.05, 0) is 6.42 Å². The van der Waals surface area contributed by atoms with Gasteiger partial charge in [-0.2, -0.15) is 0 Å². The number of aromatic nitrogens is 2. The molecule has 1 aliphatic rings. The Labute approximate surface area is 101 Å². The van der Waals surface area contributed by atoms with E-state index in [0.29, 0.717) is 0 Å². The van der Waals surface area contributed by atoms with Gasteiger partial charge in [-0.25, -0.2) is 9.18 Å². The lowest BCUT2D eigenvalue weighted by atomic mass is 9.95. The zero-order chi connectivity index (χ0) is 13.5. The third-order valence-electron chi connectivity index (χ3n) is 3.08. The number of nitrogens with one attached hydrogen (secondary N) is 1. The molecule has 0 aromatic carbocycles. The molecule has 3 atom stereocenters. The third kappa shape index (κ3) is 1.67. The standard InChI is InChI=1S/C11H13FN2O4/c1-3-11(12)8(16)6(2)18-9(11)14-5-4-7(15)13-10(14)17/h4-5,8-9,16H,2-3H2,1H3,(H,13,15,17). The second-order valence-electron chi connectivity index (χ2n) is 4.14. The van der Waals surface area contributed by atoms with Crippen molar-refractivity contribution in [1.82, 2.24) is 9.55 Å². The molecule has 0 amide bonds. The molecule has 0 aliphatic carbocycles. The Bertz CT molecular complexity index is 593. The van der Waals surface area contributed by atoms with Crippen molar-refractivity contribution < 1.29 is 14.2 Å². The maximum absolute atomic E-state index is 14.6. The number of aliphatic hydroxyl groups is 1. The highest BCUT2D eigenvalue weighted by molar-refractivity contribution is 5.13. The second-order valence-corrected chi connectivity index (χ2v) is 4.14. The highest BCUT2D eigenvalue weighted by Crippen LogP contribution is 2.44. The number of aliphatic hydroxyl groups excluding tert-OH is 1. The predicted molar refractivity (Wildman–Crippen MR) is 60.7 cm³/mol. The van der Waals surface area contributed by atoms with Gasteiger partial charge in [-0.1, -0.05) is 13.5 Å². The maximum atomic E-state index is 14.6. The first-order chi connectivity index (χ1) is 8.40. The molecule has 0 bridgehead atoms. The minimum Gasteiger partial charge on any atom is -0.469 e. The smallest absolute Gasteiger partial charge is 0.331 e. The van der Waals surface area contributed by atoms with Crippen LogP contribution in [0.5, 0.6) is 0 Å². The molecule has 0 saturated carbocycles. The summed E-state index contributed by atoms with van der Waals surface area (Å²) in [6.07, 6.45) is -1.79. The van der Waals surface area contributed by atoms with Crippen LogP contribution >= 0.6 is 0 Å². The number of aromatic amines is 1. The Morgan fingerprint density at radius 2 is 2.33 bits per heavy atom. The van der Waals surface area contributed by atoms with Crippen LogP contribution in [-0.2, 0) is 4.74 Å². The number of nitrogens with zero attached hydrogens (tertiary/aromatic N) is 1. The summed E-state index contributed by atoms with van der Waals surface area (Å²) in [7, 11) is 0. The summed E-state index contributed by atoms with van der Waals surface area (Å²) in [5.74, 6) is -0.137. The molecule has 2 N–H and O–H groups in total. The number of alkyl halides is 1. The van der Waals surface area contributed by atoms with Gasteiger partial charge in [0.05, 0.1) is 0 Å². The van der Waals surface area contributed by atoms with E-state index in [-0.39, 0.29) is 12.2 Å². The number of rotatable bonds is 2. The Morgan fingerprint density at radius 3 is 2.89 bits per heavy atom. The third-order valence-corrected chi connectivity index (χ3v) is 3.08. The number of hydrogen-bond acceptors (Lipinski definition) is 4. The van der Waals surface area contributed by atoms with Crippen molar-refractivity contribution in [2.75, 3.05) is 0 Å². The average molecular weight is 256 g/mol. The fourth-order valence-electron chi connectivity index (χ4n) is 1.98. The van der Waals surface area contributed by atoms with Gasteiger partial charge in [0, 0.05) is 12.3 Å². The quantitative estimate of drug-likeness (QED) is 0.783. The van der Waals surface area contributed by atoms with E-state index in [1.54, 1.807) is 0 Å². The molecular weight excluding hydrogens is 243 g/mol. The summed E-state index contributed by atoms with van der Waals surface area (Å²) in [5, 5.41) is 9.71. The van der Waals surface area contributed by atoms with Crippen LogP contribution in [0.3, 0.4) is 0 Å². The molecule has 98 valence electrons. The van der Waals surface area contributed by atoms with Crippen LogP contribution in [0.25, 0.3) is 0 Å². The van der Waals surface area contributed by atoms with Crippen molar-refractivity contribution >= 4 is 0 Å². The van der Waals surface area contributed by atoms with Crippen molar-refractivity contribution in [3.63, 3.8) is 0 Å². The van der Waals surface area contributed by atoms with Crippen molar-refractivity contribution in [3.05, 3.63) is 45.4 Å². The minimum absolute atomic E-state index is 0.0661. The van der Waals surface area contributed by atoms with Gasteiger partial charge in [0.2, 0.25) is 6.23 Å². The first kappa shape index (κ1) is 12.6. The van der Waals surface area contributed by atoms with Crippen LogP contribution in [0.4, 0.5) is 4.39 Å². The normalized spacial score (nSPS) is 31.4. The van der Waals surface area contributed by atoms with E-state index >= 15 is 0 Å². The maximum Gasteiger partial charge on any atom is 0.331 e. The molecule has 6 nitrogen and oxygen atoms in total.